The lowest BCUT2D eigenvalue weighted by Crippen LogP contribution is -2.28. The molecule has 1 atom stereocenters. The van der Waals surface area contributed by atoms with Crippen molar-refractivity contribution < 1.29 is 4.79 Å². The number of anilines is 1. The van der Waals surface area contributed by atoms with E-state index in [1.165, 1.54) is 0 Å². The van der Waals surface area contributed by atoms with Crippen molar-refractivity contribution in [2.24, 2.45) is 7.05 Å². The third kappa shape index (κ3) is 2.78. The molecule has 0 aliphatic carbocycles. The fraction of sp³-hybridized carbons (Fsp3) is 0.158. The summed E-state index contributed by atoms with van der Waals surface area (Å²) in [4.78, 5) is 20.0. The Morgan fingerprint density at radius 2 is 2.08 bits per heavy atom. The van der Waals surface area contributed by atoms with Crippen LogP contribution >= 0.6 is 11.6 Å². The summed E-state index contributed by atoms with van der Waals surface area (Å²) >= 11 is 6.06. The molecule has 0 aliphatic heterocycles. The van der Waals surface area contributed by atoms with Crippen LogP contribution in [0.15, 0.2) is 42.5 Å². The number of nitrogens with two attached hydrogens (primary N) is 1. The lowest BCUT2D eigenvalue weighted by Gasteiger charge is -2.15. The predicted molar refractivity (Wildman–Crippen MR) is 104 cm³/mol. The van der Waals surface area contributed by atoms with Crippen LogP contribution < -0.4 is 11.1 Å². The Hall–Kier alpha value is -2.99. The number of carbonyl (C=O) groups excluding carboxylic acids is 1. The first-order valence-corrected chi connectivity index (χ1v) is 8.61. The van der Waals surface area contributed by atoms with E-state index in [0.29, 0.717) is 16.7 Å². The summed E-state index contributed by atoms with van der Waals surface area (Å²) in [7, 11) is 1.86. The number of amides is 1. The van der Waals surface area contributed by atoms with Gasteiger partial charge in [-0.3, -0.25) is 4.79 Å². The number of fused-ring (bicyclic) bond motifs is 2. The molecular weight excluding hydrogens is 350 g/mol. The van der Waals surface area contributed by atoms with Crippen LogP contribution in [0.4, 0.5) is 5.95 Å². The summed E-state index contributed by atoms with van der Waals surface area (Å²) in [5.41, 5.74) is 9.81. The van der Waals surface area contributed by atoms with Crippen LogP contribution in [-0.2, 0) is 7.05 Å². The van der Waals surface area contributed by atoms with E-state index in [-0.39, 0.29) is 11.9 Å². The maximum atomic E-state index is 12.8. The number of hydrogen-bond acceptors (Lipinski definition) is 3. The Labute approximate surface area is 155 Å². The molecule has 4 aromatic rings. The second-order valence-corrected chi connectivity index (χ2v) is 6.82. The molecule has 4 N–H and O–H groups in total. The molecule has 4 rings (SSSR count). The van der Waals surface area contributed by atoms with Gasteiger partial charge >= 0.3 is 0 Å². The molecule has 6 nitrogen and oxygen atoms in total. The Balaban J connectivity index is 1.61. The topological polar surface area (TPSA) is 88.7 Å². The van der Waals surface area contributed by atoms with Crippen molar-refractivity contribution in [3.63, 3.8) is 0 Å². The molecule has 0 fully saturated rings. The zero-order chi connectivity index (χ0) is 18.4. The van der Waals surface area contributed by atoms with Crippen molar-refractivity contribution in [2.45, 2.75) is 13.0 Å². The van der Waals surface area contributed by atoms with Gasteiger partial charge in [0.25, 0.3) is 5.91 Å². The number of hydrogen-bond donors (Lipinski definition) is 3. The second kappa shape index (κ2) is 6.07. The minimum Gasteiger partial charge on any atom is -0.369 e. The molecule has 0 aliphatic rings. The largest absolute Gasteiger partial charge is 0.369 e. The van der Waals surface area contributed by atoms with Crippen LogP contribution in [0.25, 0.3) is 21.9 Å². The fourth-order valence-electron chi connectivity index (χ4n) is 3.19. The molecule has 0 spiro atoms. The van der Waals surface area contributed by atoms with Crippen LogP contribution in [-0.4, -0.2) is 20.4 Å². The zero-order valence-corrected chi connectivity index (χ0v) is 15.1. The summed E-state index contributed by atoms with van der Waals surface area (Å²) in [6, 6.07) is 13.1. The van der Waals surface area contributed by atoms with Gasteiger partial charge in [-0.1, -0.05) is 23.7 Å². The Morgan fingerprint density at radius 3 is 2.88 bits per heavy atom. The van der Waals surface area contributed by atoms with E-state index in [1.54, 1.807) is 0 Å². The third-order valence-corrected chi connectivity index (χ3v) is 4.85. The number of nitrogens with one attached hydrogen (secondary N) is 2. The number of aromatic nitrogens is 3. The summed E-state index contributed by atoms with van der Waals surface area (Å²) in [5.74, 6) is 0.236. The van der Waals surface area contributed by atoms with Crippen LogP contribution in [0.2, 0.25) is 5.02 Å². The van der Waals surface area contributed by atoms with Gasteiger partial charge in [0.1, 0.15) is 5.69 Å². The lowest BCUT2D eigenvalue weighted by molar-refractivity contribution is 0.0932. The van der Waals surface area contributed by atoms with Crippen molar-refractivity contribution in [3.8, 4) is 0 Å². The number of nitrogens with zero attached hydrogens (tertiary/aromatic N) is 2. The SMILES string of the molecule is CC(NC(=O)c1cc2ccc(Cl)cc2n1C)c1ccc2nc(N)[nH]c2c1. The molecule has 7 heteroatoms. The van der Waals surface area contributed by atoms with E-state index in [2.05, 4.69) is 15.3 Å². The van der Waals surface area contributed by atoms with Gasteiger partial charge in [0.15, 0.2) is 5.95 Å². The van der Waals surface area contributed by atoms with Crippen LogP contribution in [0, 0.1) is 0 Å². The molecule has 0 saturated heterocycles. The van der Waals surface area contributed by atoms with Gasteiger partial charge in [0.2, 0.25) is 0 Å². The summed E-state index contributed by atoms with van der Waals surface area (Å²) < 4.78 is 1.85. The quantitative estimate of drug-likeness (QED) is 0.514. The van der Waals surface area contributed by atoms with Crippen LogP contribution in [0.3, 0.4) is 0 Å². The second-order valence-electron chi connectivity index (χ2n) is 6.39. The highest BCUT2D eigenvalue weighted by Gasteiger charge is 2.17. The molecular formula is C19H18ClN5O. The monoisotopic (exact) mass is 367 g/mol. The van der Waals surface area contributed by atoms with Crippen molar-refractivity contribution in [2.75, 3.05) is 5.73 Å². The zero-order valence-electron chi connectivity index (χ0n) is 14.4. The standard InChI is InChI=1S/C19H18ClN5O/c1-10(11-4-6-14-15(7-11)24-19(21)23-14)22-18(26)17-8-12-3-5-13(20)9-16(12)25(17)2/h3-10H,1-2H3,(H,22,26)(H3,21,23,24). The average molecular weight is 368 g/mol. The summed E-state index contributed by atoms with van der Waals surface area (Å²) in [6.45, 7) is 1.94. The first-order chi connectivity index (χ1) is 12.4. The molecule has 0 radical (unpaired) electrons. The van der Waals surface area contributed by atoms with Crippen LogP contribution in [0.1, 0.15) is 29.0 Å². The highest BCUT2D eigenvalue weighted by Crippen LogP contribution is 2.24. The van der Waals surface area contributed by atoms with Gasteiger partial charge in [-0.2, -0.15) is 0 Å². The number of aryl methyl sites for hydroxylation is 1. The average Bonchev–Trinajstić information content (AvgIpc) is 3.13. The van der Waals surface area contributed by atoms with E-state index in [4.69, 9.17) is 17.3 Å². The number of halogens is 1. The molecule has 2 heterocycles. The highest BCUT2D eigenvalue weighted by atomic mass is 35.5. The Morgan fingerprint density at radius 1 is 1.27 bits per heavy atom. The van der Waals surface area contributed by atoms with E-state index < -0.39 is 0 Å². The smallest absolute Gasteiger partial charge is 0.268 e. The number of carbonyl (C=O) groups is 1. The predicted octanol–water partition coefficient (Wildman–Crippen LogP) is 3.78. The van der Waals surface area contributed by atoms with Crippen molar-refractivity contribution in [1.82, 2.24) is 19.9 Å². The van der Waals surface area contributed by atoms with Gasteiger partial charge in [-0.25, -0.2) is 4.98 Å². The number of nitrogen functional groups attached to an aromatic ring is 1. The molecule has 1 unspecified atom stereocenters. The van der Waals surface area contributed by atoms with E-state index in [0.717, 1.165) is 27.5 Å². The lowest BCUT2D eigenvalue weighted by atomic mass is 10.1. The molecule has 0 bridgehead atoms. The van der Waals surface area contributed by atoms with Crippen molar-refractivity contribution >= 4 is 45.4 Å². The molecule has 0 saturated carbocycles. The van der Waals surface area contributed by atoms with E-state index in [1.807, 2.05) is 61.0 Å². The first kappa shape index (κ1) is 16.5. The fourth-order valence-corrected chi connectivity index (χ4v) is 3.36. The van der Waals surface area contributed by atoms with Crippen molar-refractivity contribution in [3.05, 3.63) is 58.7 Å². The summed E-state index contributed by atoms with van der Waals surface area (Å²) in [5, 5.41) is 4.66. The number of benzene rings is 2. The normalized spacial score (nSPS) is 12.6. The third-order valence-electron chi connectivity index (χ3n) is 4.61. The van der Waals surface area contributed by atoms with Gasteiger partial charge in [-0.05, 0) is 42.8 Å². The van der Waals surface area contributed by atoms with E-state index in [9.17, 15) is 4.79 Å². The van der Waals surface area contributed by atoms with Gasteiger partial charge in [0.05, 0.1) is 17.1 Å². The number of aromatic amines is 1. The summed E-state index contributed by atoms with van der Waals surface area (Å²) in [6.07, 6.45) is 0. The maximum absolute atomic E-state index is 12.8. The first-order valence-electron chi connectivity index (χ1n) is 8.23. The Kier molecular flexibility index (Phi) is 3.85. The van der Waals surface area contributed by atoms with Gasteiger partial charge in [0, 0.05) is 23.0 Å². The molecule has 1 amide bonds. The Bertz CT molecular complexity index is 1140. The van der Waals surface area contributed by atoms with Crippen LogP contribution in [0.5, 0.6) is 0 Å². The van der Waals surface area contributed by atoms with E-state index >= 15 is 0 Å². The molecule has 26 heavy (non-hydrogen) atoms. The minimum absolute atomic E-state index is 0.142. The number of imidazole rings is 1. The van der Waals surface area contributed by atoms with Gasteiger partial charge in [-0.15, -0.1) is 0 Å². The molecule has 132 valence electrons. The number of H-pyrrole nitrogens is 1. The van der Waals surface area contributed by atoms with Crippen molar-refractivity contribution in [1.29, 1.82) is 0 Å². The minimum atomic E-state index is -0.168. The van der Waals surface area contributed by atoms with Gasteiger partial charge < -0.3 is 20.6 Å². The molecule has 2 aromatic heterocycles. The molecule has 2 aromatic carbocycles. The number of rotatable bonds is 3. The maximum Gasteiger partial charge on any atom is 0.268 e. The highest BCUT2D eigenvalue weighted by molar-refractivity contribution is 6.31.